The molecule has 0 amide bonds. The normalized spacial score (nSPS) is 18.4. The van der Waals surface area contributed by atoms with Crippen molar-refractivity contribution in [3.63, 3.8) is 0 Å². The summed E-state index contributed by atoms with van der Waals surface area (Å²) in [6, 6.07) is 13.5. The number of ether oxygens (including phenoxy) is 1. The maximum absolute atomic E-state index is 6.00. The van der Waals surface area contributed by atoms with Gasteiger partial charge in [-0.05, 0) is 43.5 Å². The van der Waals surface area contributed by atoms with Crippen LogP contribution >= 0.6 is 0 Å². The molecule has 0 aliphatic carbocycles. The number of fused-ring (bicyclic) bond motifs is 2. The monoisotopic (exact) mass is 417 g/mol. The quantitative estimate of drug-likeness (QED) is 0.538. The summed E-state index contributed by atoms with van der Waals surface area (Å²) in [5.41, 5.74) is 6.64. The highest BCUT2D eigenvalue weighted by atomic mass is 16.5. The third-order valence-corrected chi connectivity index (χ3v) is 6.73. The van der Waals surface area contributed by atoms with Gasteiger partial charge in [-0.25, -0.2) is 0 Å². The second-order valence-electron chi connectivity index (χ2n) is 8.62. The topological polar surface area (TPSA) is 70.4 Å². The van der Waals surface area contributed by atoms with Crippen LogP contribution in [0.4, 0.5) is 11.7 Å². The van der Waals surface area contributed by atoms with Gasteiger partial charge in [-0.2, -0.15) is 10.1 Å². The first kappa shape index (κ1) is 18.7. The number of para-hydroxylation sites is 1. The van der Waals surface area contributed by atoms with Crippen molar-refractivity contribution < 1.29 is 9.15 Å². The highest BCUT2D eigenvalue weighted by Crippen LogP contribution is 2.35. The number of benzene rings is 2. The van der Waals surface area contributed by atoms with Gasteiger partial charge in [0.25, 0.3) is 6.01 Å². The zero-order chi connectivity index (χ0) is 20.8. The van der Waals surface area contributed by atoms with E-state index in [4.69, 9.17) is 14.1 Å². The van der Waals surface area contributed by atoms with Crippen LogP contribution in [0, 0.1) is 6.92 Å². The van der Waals surface area contributed by atoms with Gasteiger partial charge >= 0.3 is 0 Å². The number of aromatic amines is 1. The lowest BCUT2D eigenvalue weighted by Crippen LogP contribution is -2.36. The second-order valence-corrected chi connectivity index (χ2v) is 8.62. The van der Waals surface area contributed by atoms with E-state index < -0.39 is 0 Å². The second kappa shape index (κ2) is 7.57. The fourth-order valence-corrected chi connectivity index (χ4v) is 4.92. The number of oxazole rings is 1. The van der Waals surface area contributed by atoms with Crippen LogP contribution < -0.4 is 9.80 Å². The van der Waals surface area contributed by atoms with Crippen molar-refractivity contribution in [2.24, 2.45) is 0 Å². The van der Waals surface area contributed by atoms with E-state index >= 15 is 0 Å². The Bertz CT molecular complexity index is 1220. The lowest BCUT2D eigenvalue weighted by atomic mass is 9.91. The molecule has 7 nitrogen and oxygen atoms in total. The third kappa shape index (κ3) is 3.33. The van der Waals surface area contributed by atoms with Crippen molar-refractivity contribution in [1.82, 2.24) is 15.2 Å². The maximum atomic E-state index is 6.00. The zero-order valence-electron chi connectivity index (χ0n) is 17.8. The molecule has 0 unspecified atom stereocenters. The summed E-state index contributed by atoms with van der Waals surface area (Å²) >= 11 is 0. The molecule has 2 aromatic heterocycles. The fraction of sp³-hybridized carbons (Fsp3) is 0.417. The molecule has 0 atom stereocenters. The number of nitrogens with zero attached hydrogens (tertiary/aromatic N) is 4. The Morgan fingerprint density at radius 3 is 2.68 bits per heavy atom. The van der Waals surface area contributed by atoms with Crippen LogP contribution in [0.25, 0.3) is 22.0 Å². The van der Waals surface area contributed by atoms with Gasteiger partial charge in [0.2, 0.25) is 0 Å². The predicted molar refractivity (Wildman–Crippen MR) is 122 cm³/mol. The summed E-state index contributed by atoms with van der Waals surface area (Å²) in [4.78, 5) is 9.37. The van der Waals surface area contributed by atoms with E-state index in [1.807, 2.05) is 0 Å². The number of rotatable bonds is 3. The van der Waals surface area contributed by atoms with E-state index in [1.165, 1.54) is 27.8 Å². The predicted octanol–water partition coefficient (Wildman–Crippen LogP) is 4.23. The molecule has 4 aromatic rings. The third-order valence-electron chi connectivity index (χ3n) is 6.73. The lowest BCUT2D eigenvalue weighted by molar-refractivity contribution is 0.120. The smallest absolute Gasteiger partial charge is 0.298 e. The molecule has 160 valence electrons. The SMILES string of the molecule is Cc1cccc2c(C3CCN(c4ccc5oc(N6CCOCC6)nc5c4)CC3)n[nH]c12. The van der Waals surface area contributed by atoms with Crippen molar-refractivity contribution in [2.45, 2.75) is 25.7 Å². The van der Waals surface area contributed by atoms with Crippen molar-refractivity contribution >= 4 is 33.7 Å². The number of nitrogens with one attached hydrogen (secondary N) is 1. The van der Waals surface area contributed by atoms with Gasteiger partial charge < -0.3 is 19.0 Å². The number of hydrogen-bond donors (Lipinski definition) is 1. The molecule has 31 heavy (non-hydrogen) atoms. The van der Waals surface area contributed by atoms with Crippen LogP contribution in [-0.4, -0.2) is 54.6 Å². The summed E-state index contributed by atoms with van der Waals surface area (Å²) in [7, 11) is 0. The Morgan fingerprint density at radius 2 is 1.84 bits per heavy atom. The van der Waals surface area contributed by atoms with Gasteiger partial charge in [0.15, 0.2) is 5.58 Å². The average molecular weight is 418 g/mol. The van der Waals surface area contributed by atoms with Crippen LogP contribution in [0.15, 0.2) is 40.8 Å². The van der Waals surface area contributed by atoms with E-state index in [0.717, 1.165) is 63.3 Å². The molecular formula is C24H27N5O2. The molecular weight excluding hydrogens is 390 g/mol. The molecule has 0 radical (unpaired) electrons. The lowest BCUT2D eigenvalue weighted by Gasteiger charge is -2.33. The number of hydrogen-bond acceptors (Lipinski definition) is 6. The number of piperidine rings is 1. The van der Waals surface area contributed by atoms with Gasteiger partial charge in [-0.1, -0.05) is 18.2 Å². The van der Waals surface area contributed by atoms with Crippen LogP contribution in [0.2, 0.25) is 0 Å². The molecule has 2 fully saturated rings. The van der Waals surface area contributed by atoms with Gasteiger partial charge in [-0.3, -0.25) is 5.10 Å². The molecule has 2 aliphatic heterocycles. The standard InChI is InChI=1S/C24H27N5O2/c1-16-3-2-4-19-22(16)26-27-23(19)17-7-9-28(10-8-17)18-5-6-21-20(15-18)25-24(31-21)29-11-13-30-14-12-29/h2-6,15,17H,7-14H2,1H3,(H,26,27). The first-order chi connectivity index (χ1) is 15.3. The van der Waals surface area contributed by atoms with E-state index in [1.54, 1.807) is 0 Å². The number of H-pyrrole nitrogens is 1. The molecule has 4 heterocycles. The minimum atomic E-state index is 0.496. The Balaban J connectivity index is 1.19. The molecule has 7 heteroatoms. The summed E-state index contributed by atoms with van der Waals surface area (Å²) in [6.45, 7) is 7.28. The van der Waals surface area contributed by atoms with Gasteiger partial charge in [-0.15, -0.1) is 0 Å². The van der Waals surface area contributed by atoms with E-state index in [2.05, 4.69) is 63.3 Å². The highest BCUT2D eigenvalue weighted by molar-refractivity contribution is 5.84. The van der Waals surface area contributed by atoms with Crippen molar-refractivity contribution in [3.8, 4) is 0 Å². The largest absolute Gasteiger partial charge is 0.423 e. The first-order valence-electron chi connectivity index (χ1n) is 11.2. The van der Waals surface area contributed by atoms with Crippen LogP contribution in [0.3, 0.4) is 0 Å². The molecule has 0 bridgehead atoms. The molecule has 2 aromatic carbocycles. The van der Waals surface area contributed by atoms with Crippen molar-refractivity contribution in [3.05, 3.63) is 47.7 Å². The summed E-state index contributed by atoms with van der Waals surface area (Å²) in [5.74, 6) is 0.496. The first-order valence-corrected chi connectivity index (χ1v) is 11.2. The minimum absolute atomic E-state index is 0.496. The molecule has 2 saturated heterocycles. The molecule has 6 rings (SSSR count). The van der Waals surface area contributed by atoms with Crippen molar-refractivity contribution in [1.29, 1.82) is 0 Å². The van der Waals surface area contributed by atoms with Gasteiger partial charge in [0.1, 0.15) is 5.52 Å². The van der Waals surface area contributed by atoms with E-state index in [0.29, 0.717) is 11.9 Å². The van der Waals surface area contributed by atoms with Crippen LogP contribution in [0.1, 0.15) is 30.0 Å². The van der Waals surface area contributed by atoms with Crippen molar-refractivity contribution in [2.75, 3.05) is 49.2 Å². The number of aromatic nitrogens is 3. The van der Waals surface area contributed by atoms with E-state index in [-0.39, 0.29) is 0 Å². The minimum Gasteiger partial charge on any atom is -0.423 e. The highest BCUT2D eigenvalue weighted by Gasteiger charge is 2.25. The Morgan fingerprint density at radius 1 is 1.00 bits per heavy atom. The Hall–Kier alpha value is -3.06. The average Bonchev–Trinajstić information content (AvgIpc) is 3.45. The van der Waals surface area contributed by atoms with Crippen LogP contribution in [-0.2, 0) is 4.74 Å². The zero-order valence-corrected chi connectivity index (χ0v) is 17.8. The summed E-state index contributed by atoms with van der Waals surface area (Å²) < 4.78 is 11.4. The molecule has 1 N–H and O–H groups in total. The van der Waals surface area contributed by atoms with E-state index in [9.17, 15) is 0 Å². The molecule has 0 spiro atoms. The number of aryl methyl sites for hydroxylation is 1. The number of morpholine rings is 1. The Kier molecular flexibility index (Phi) is 4.56. The van der Waals surface area contributed by atoms with Crippen LogP contribution in [0.5, 0.6) is 0 Å². The van der Waals surface area contributed by atoms with Gasteiger partial charge in [0.05, 0.1) is 24.4 Å². The van der Waals surface area contributed by atoms with Gasteiger partial charge in [0, 0.05) is 43.2 Å². The molecule has 2 aliphatic rings. The summed E-state index contributed by atoms with van der Waals surface area (Å²) in [6.07, 6.45) is 2.20. The molecule has 0 saturated carbocycles. The fourth-order valence-electron chi connectivity index (χ4n) is 4.92. The maximum Gasteiger partial charge on any atom is 0.298 e. The Labute approximate surface area is 181 Å². The number of anilines is 2. The summed E-state index contributed by atoms with van der Waals surface area (Å²) in [5, 5.41) is 9.21.